The Kier molecular flexibility index (Phi) is 3.85. The van der Waals surface area contributed by atoms with Crippen LogP contribution in [0.5, 0.6) is 0 Å². The van der Waals surface area contributed by atoms with Crippen LogP contribution in [0.15, 0.2) is 24.3 Å². The van der Waals surface area contributed by atoms with Crippen LogP contribution < -0.4 is 4.90 Å². The van der Waals surface area contributed by atoms with Gasteiger partial charge in [0.05, 0.1) is 0 Å². The molecule has 16 heavy (non-hydrogen) atoms. The third-order valence-electron chi connectivity index (χ3n) is 2.98. The fraction of sp³-hybridized carbons (Fsp3) is 0.538. The Bertz CT molecular complexity index is 328. The van der Waals surface area contributed by atoms with Gasteiger partial charge in [0, 0.05) is 10.6 Å². The summed E-state index contributed by atoms with van der Waals surface area (Å²) in [5, 5.41) is 0.808. The second kappa shape index (κ2) is 5.17. The fourth-order valence-corrected chi connectivity index (χ4v) is 2.55. The van der Waals surface area contributed by atoms with Gasteiger partial charge in [-0.1, -0.05) is 23.7 Å². The summed E-state index contributed by atoms with van der Waals surface area (Å²) in [6, 6.07) is 8.15. The third kappa shape index (κ3) is 3.21. The summed E-state index contributed by atoms with van der Waals surface area (Å²) < 4.78 is 5.73. The van der Waals surface area contributed by atoms with Gasteiger partial charge in [0.25, 0.3) is 0 Å². The summed E-state index contributed by atoms with van der Waals surface area (Å²) in [4.78, 5) is 1.59. The molecular weight excluding hydrogens is 222 g/mol. The molecule has 1 aliphatic heterocycles. The Labute approximate surface area is 102 Å². The van der Waals surface area contributed by atoms with Crippen molar-refractivity contribution in [1.82, 2.24) is 0 Å². The van der Waals surface area contributed by atoms with E-state index in [-0.39, 0.29) is 0 Å². The van der Waals surface area contributed by atoms with Crippen LogP contribution in [0.4, 0.5) is 0 Å². The van der Waals surface area contributed by atoms with Crippen molar-refractivity contribution >= 4 is 11.6 Å². The van der Waals surface area contributed by atoms with Crippen LogP contribution in [0.25, 0.3) is 0 Å². The molecule has 0 radical (unpaired) electrons. The van der Waals surface area contributed by atoms with Gasteiger partial charge in [-0.2, -0.15) is 0 Å². The maximum absolute atomic E-state index is 5.87. The maximum atomic E-state index is 5.87. The van der Waals surface area contributed by atoms with Crippen molar-refractivity contribution in [3.63, 3.8) is 0 Å². The summed E-state index contributed by atoms with van der Waals surface area (Å²) >= 11 is 5.87. The van der Waals surface area contributed by atoms with Gasteiger partial charge in [0.1, 0.15) is 31.8 Å². The smallest absolute Gasteiger partial charge is 0.104 e. The number of quaternary nitrogens is 1. The zero-order valence-electron chi connectivity index (χ0n) is 9.87. The number of halogens is 1. The third-order valence-corrected chi connectivity index (χ3v) is 3.24. The van der Waals surface area contributed by atoms with Crippen LogP contribution in [-0.2, 0) is 11.3 Å². The van der Waals surface area contributed by atoms with E-state index >= 15 is 0 Å². The second-order valence-corrected chi connectivity index (χ2v) is 5.16. The number of ether oxygens (including phenoxy) is 1. The van der Waals surface area contributed by atoms with Gasteiger partial charge in [0.2, 0.25) is 0 Å². The molecule has 1 saturated heterocycles. The van der Waals surface area contributed by atoms with Crippen LogP contribution in [0.2, 0.25) is 5.02 Å². The van der Waals surface area contributed by atoms with E-state index in [0.29, 0.717) is 12.2 Å². The van der Waals surface area contributed by atoms with Gasteiger partial charge in [0.15, 0.2) is 0 Å². The zero-order valence-corrected chi connectivity index (χ0v) is 10.6. The summed E-state index contributed by atoms with van der Waals surface area (Å²) in [5.74, 6) is 0. The molecule has 2 atom stereocenters. The molecule has 3 heteroatoms. The van der Waals surface area contributed by atoms with E-state index in [1.165, 1.54) is 5.56 Å². The van der Waals surface area contributed by atoms with Gasteiger partial charge in [-0.15, -0.1) is 0 Å². The van der Waals surface area contributed by atoms with Crippen LogP contribution in [0.1, 0.15) is 19.4 Å². The van der Waals surface area contributed by atoms with Crippen LogP contribution in [0, 0.1) is 0 Å². The number of nitrogens with one attached hydrogen (secondary N) is 1. The van der Waals surface area contributed by atoms with E-state index in [4.69, 9.17) is 16.3 Å². The second-order valence-electron chi connectivity index (χ2n) is 4.72. The highest BCUT2D eigenvalue weighted by Crippen LogP contribution is 2.09. The molecule has 0 amide bonds. The highest BCUT2D eigenvalue weighted by Gasteiger charge is 2.25. The number of hydrogen-bond acceptors (Lipinski definition) is 1. The zero-order chi connectivity index (χ0) is 11.5. The van der Waals surface area contributed by atoms with Crippen molar-refractivity contribution in [2.45, 2.75) is 32.6 Å². The lowest BCUT2D eigenvalue weighted by atomic mass is 10.1. The van der Waals surface area contributed by atoms with Gasteiger partial charge in [-0.05, 0) is 26.0 Å². The van der Waals surface area contributed by atoms with Crippen molar-refractivity contribution in [3.8, 4) is 0 Å². The summed E-state index contributed by atoms with van der Waals surface area (Å²) in [7, 11) is 0. The largest absolute Gasteiger partial charge is 0.364 e. The van der Waals surface area contributed by atoms with Crippen LogP contribution in [0.3, 0.4) is 0 Å². The number of morpholine rings is 1. The van der Waals surface area contributed by atoms with E-state index < -0.39 is 0 Å². The summed E-state index contributed by atoms with van der Waals surface area (Å²) in [5.41, 5.74) is 1.35. The molecule has 1 heterocycles. The predicted octanol–water partition coefficient (Wildman–Crippen LogP) is 1.53. The maximum Gasteiger partial charge on any atom is 0.104 e. The Morgan fingerprint density at radius 3 is 2.31 bits per heavy atom. The first-order chi connectivity index (χ1) is 7.63. The lowest BCUT2D eigenvalue weighted by Crippen LogP contribution is -3.14. The Balaban J connectivity index is 1.96. The van der Waals surface area contributed by atoms with Crippen molar-refractivity contribution in [2.24, 2.45) is 0 Å². The quantitative estimate of drug-likeness (QED) is 0.828. The lowest BCUT2D eigenvalue weighted by Gasteiger charge is -2.32. The first-order valence-electron chi connectivity index (χ1n) is 5.87. The summed E-state index contributed by atoms with van der Waals surface area (Å²) in [6.07, 6.45) is 0.733. The Morgan fingerprint density at radius 1 is 1.19 bits per heavy atom. The van der Waals surface area contributed by atoms with Crippen molar-refractivity contribution in [2.75, 3.05) is 13.1 Å². The molecular formula is C13H19ClNO+. The molecule has 1 aromatic rings. The molecule has 88 valence electrons. The highest BCUT2D eigenvalue weighted by atomic mass is 35.5. The Hall–Kier alpha value is -0.570. The number of rotatable bonds is 2. The molecule has 0 saturated carbocycles. The molecule has 1 aliphatic rings. The average molecular weight is 241 g/mol. The topological polar surface area (TPSA) is 13.7 Å². The van der Waals surface area contributed by atoms with E-state index in [1.54, 1.807) is 4.90 Å². The molecule has 0 aliphatic carbocycles. The number of hydrogen-bond donors (Lipinski definition) is 1. The van der Waals surface area contributed by atoms with E-state index in [9.17, 15) is 0 Å². The molecule has 0 bridgehead atoms. The van der Waals surface area contributed by atoms with Gasteiger partial charge in [-0.25, -0.2) is 0 Å². The molecule has 1 aromatic carbocycles. The van der Waals surface area contributed by atoms with E-state index in [1.807, 2.05) is 12.1 Å². The minimum atomic E-state index is 0.367. The van der Waals surface area contributed by atoms with E-state index in [0.717, 1.165) is 24.7 Å². The van der Waals surface area contributed by atoms with Gasteiger partial charge >= 0.3 is 0 Å². The van der Waals surface area contributed by atoms with E-state index in [2.05, 4.69) is 26.0 Å². The number of benzene rings is 1. The van der Waals surface area contributed by atoms with Crippen molar-refractivity contribution < 1.29 is 9.64 Å². The van der Waals surface area contributed by atoms with Gasteiger partial charge in [-0.3, -0.25) is 0 Å². The van der Waals surface area contributed by atoms with Crippen LogP contribution in [-0.4, -0.2) is 25.3 Å². The van der Waals surface area contributed by atoms with Crippen LogP contribution >= 0.6 is 11.6 Å². The molecule has 2 nitrogen and oxygen atoms in total. The molecule has 1 fully saturated rings. The predicted molar refractivity (Wildman–Crippen MR) is 65.9 cm³/mol. The highest BCUT2D eigenvalue weighted by molar-refractivity contribution is 6.30. The van der Waals surface area contributed by atoms with Crippen molar-refractivity contribution in [1.29, 1.82) is 0 Å². The molecule has 0 spiro atoms. The minimum Gasteiger partial charge on any atom is -0.364 e. The summed E-state index contributed by atoms with van der Waals surface area (Å²) in [6.45, 7) is 7.55. The fourth-order valence-electron chi connectivity index (χ4n) is 2.42. The lowest BCUT2D eigenvalue weighted by molar-refractivity contribution is -0.928. The molecule has 0 unspecified atom stereocenters. The normalized spacial score (nSPS) is 30.3. The minimum absolute atomic E-state index is 0.367. The molecule has 0 aromatic heterocycles. The molecule has 2 rings (SSSR count). The van der Waals surface area contributed by atoms with Crippen molar-refractivity contribution in [3.05, 3.63) is 34.9 Å². The first-order valence-corrected chi connectivity index (χ1v) is 6.25. The van der Waals surface area contributed by atoms with Gasteiger partial charge < -0.3 is 9.64 Å². The average Bonchev–Trinajstić information content (AvgIpc) is 2.20. The SMILES string of the molecule is C[C@@H]1C[NH+](Cc2ccc(Cl)cc2)C[C@@H](C)O1. The molecule has 1 N–H and O–H groups in total. The Morgan fingerprint density at radius 2 is 1.75 bits per heavy atom. The monoisotopic (exact) mass is 240 g/mol. The standard InChI is InChI=1S/C13H18ClNO/c1-10-7-15(8-11(2)16-10)9-12-3-5-13(14)6-4-12/h3-6,10-11H,7-9H2,1-2H3/p+1/t10-,11-/m1/s1. The first kappa shape index (κ1) is 11.9.